The molecule has 0 spiro atoms. The summed E-state index contributed by atoms with van der Waals surface area (Å²) in [5.74, 6) is -1.06. The Balaban J connectivity index is 2.38. The van der Waals surface area contributed by atoms with Crippen molar-refractivity contribution in [3.63, 3.8) is 0 Å². The lowest BCUT2D eigenvalue weighted by Gasteiger charge is -2.28. The molecule has 86 valence electrons. The third kappa shape index (κ3) is 2.06. The molecular weight excluding hydrogens is 226 g/mol. The van der Waals surface area contributed by atoms with Gasteiger partial charge < -0.3 is 10.8 Å². The lowest BCUT2D eigenvalue weighted by atomic mass is 9.79. The molecule has 2 unspecified atom stereocenters. The molecule has 0 aliphatic heterocycles. The highest BCUT2D eigenvalue weighted by molar-refractivity contribution is 6.30. The maximum Gasteiger partial charge on any atom is 0.321 e. The molecule has 1 aliphatic carbocycles. The molecule has 0 bridgehead atoms. The van der Waals surface area contributed by atoms with Gasteiger partial charge in [-0.3, -0.25) is 4.79 Å². The quantitative estimate of drug-likeness (QED) is 0.832. The number of halogens is 1. The number of carbonyl (C=O) groups is 1. The Morgan fingerprint density at radius 2 is 2.31 bits per heavy atom. The van der Waals surface area contributed by atoms with Crippen LogP contribution in [0.4, 0.5) is 0 Å². The van der Waals surface area contributed by atoms with Crippen molar-refractivity contribution >= 4 is 17.6 Å². The van der Waals surface area contributed by atoms with E-state index in [4.69, 9.17) is 22.4 Å². The average molecular weight is 240 g/mol. The fourth-order valence-corrected chi connectivity index (χ4v) is 2.53. The SMILES string of the molecule is NC(C(=O)O)C1CCCc2ccc(Cl)cc21. The van der Waals surface area contributed by atoms with E-state index < -0.39 is 12.0 Å². The molecular formula is C12H14ClNO2. The molecule has 3 N–H and O–H groups in total. The van der Waals surface area contributed by atoms with Gasteiger partial charge in [0.25, 0.3) is 0 Å². The van der Waals surface area contributed by atoms with Gasteiger partial charge in [0.1, 0.15) is 6.04 Å². The van der Waals surface area contributed by atoms with E-state index in [1.54, 1.807) is 0 Å². The van der Waals surface area contributed by atoms with Crippen molar-refractivity contribution < 1.29 is 9.90 Å². The summed E-state index contributed by atoms with van der Waals surface area (Å²) in [7, 11) is 0. The smallest absolute Gasteiger partial charge is 0.321 e. The van der Waals surface area contributed by atoms with Crippen molar-refractivity contribution in [3.05, 3.63) is 34.3 Å². The fourth-order valence-electron chi connectivity index (χ4n) is 2.35. The monoisotopic (exact) mass is 239 g/mol. The molecule has 1 aliphatic rings. The van der Waals surface area contributed by atoms with Gasteiger partial charge in [0.15, 0.2) is 0 Å². The molecule has 16 heavy (non-hydrogen) atoms. The third-order valence-corrected chi connectivity index (χ3v) is 3.42. The van der Waals surface area contributed by atoms with Crippen LogP contribution in [0.3, 0.4) is 0 Å². The molecule has 2 atom stereocenters. The molecule has 0 heterocycles. The van der Waals surface area contributed by atoms with Crippen LogP contribution in [-0.2, 0) is 11.2 Å². The molecule has 0 saturated heterocycles. The summed E-state index contributed by atoms with van der Waals surface area (Å²) >= 11 is 5.94. The Morgan fingerprint density at radius 3 is 3.00 bits per heavy atom. The molecule has 0 fully saturated rings. The fraction of sp³-hybridized carbons (Fsp3) is 0.417. The lowest BCUT2D eigenvalue weighted by Crippen LogP contribution is -2.38. The van der Waals surface area contributed by atoms with Crippen molar-refractivity contribution in [2.24, 2.45) is 5.73 Å². The maximum absolute atomic E-state index is 10.9. The largest absolute Gasteiger partial charge is 0.480 e. The number of aliphatic carboxylic acids is 1. The molecule has 0 radical (unpaired) electrons. The van der Waals surface area contributed by atoms with Crippen molar-refractivity contribution in [2.45, 2.75) is 31.2 Å². The van der Waals surface area contributed by atoms with E-state index in [9.17, 15) is 4.79 Å². The lowest BCUT2D eigenvalue weighted by molar-refractivity contribution is -0.139. The number of hydrogen-bond donors (Lipinski definition) is 2. The highest BCUT2D eigenvalue weighted by Gasteiger charge is 2.29. The van der Waals surface area contributed by atoms with Gasteiger partial charge in [-0.1, -0.05) is 17.7 Å². The molecule has 3 nitrogen and oxygen atoms in total. The highest BCUT2D eigenvalue weighted by atomic mass is 35.5. The number of hydrogen-bond acceptors (Lipinski definition) is 2. The zero-order valence-electron chi connectivity index (χ0n) is 8.82. The summed E-state index contributed by atoms with van der Waals surface area (Å²) in [4.78, 5) is 10.9. The van der Waals surface area contributed by atoms with E-state index >= 15 is 0 Å². The van der Waals surface area contributed by atoms with Crippen molar-refractivity contribution in [3.8, 4) is 0 Å². The third-order valence-electron chi connectivity index (χ3n) is 3.19. The van der Waals surface area contributed by atoms with Gasteiger partial charge in [0.2, 0.25) is 0 Å². The van der Waals surface area contributed by atoms with Crippen LogP contribution in [0, 0.1) is 0 Å². The predicted octanol–water partition coefficient (Wildman–Crippen LogP) is 2.17. The summed E-state index contributed by atoms with van der Waals surface area (Å²) < 4.78 is 0. The zero-order valence-corrected chi connectivity index (χ0v) is 9.57. The maximum atomic E-state index is 10.9. The summed E-state index contributed by atoms with van der Waals surface area (Å²) in [6.07, 6.45) is 2.79. The van der Waals surface area contributed by atoms with Crippen molar-refractivity contribution in [1.82, 2.24) is 0 Å². The second-order valence-electron chi connectivity index (χ2n) is 4.21. The highest BCUT2D eigenvalue weighted by Crippen LogP contribution is 2.35. The standard InChI is InChI=1S/C12H14ClNO2/c13-8-5-4-7-2-1-3-9(10(7)6-8)11(14)12(15)16/h4-6,9,11H,1-3,14H2,(H,15,16). The van der Waals surface area contributed by atoms with Crippen LogP contribution in [0.25, 0.3) is 0 Å². The number of benzene rings is 1. The Hall–Kier alpha value is -1.06. The molecule has 1 aromatic carbocycles. The number of rotatable bonds is 2. The first kappa shape index (κ1) is 11.4. The van der Waals surface area contributed by atoms with E-state index in [1.165, 1.54) is 5.56 Å². The first-order valence-corrected chi connectivity index (χ1v) is 5.74. The van der Waals surface area contributed by atoms with E-state index in [1.807, 2.05) is 18.2 Å². The van der Waals surface area contributed by atoms with Gasteiger partial charge in [-0.05, 0) is 42.5 Å². The van der Waals surface area contributed by atoms with Crippen LogP contribution in [0.1, 0.15) is 29.9 Å². The van der Waals surface area contributed by atoms with Crippen LogP contribution >= 0.6 is 11.6 Å². The molecule has 4 heteroatoms. The number of carboxylic acids is 1. The molecule has 0 saturated carbocycles. The Labute approximate surface area is 99.2 Å². The average Bonchev–Trinajstić information content (AvgIpc) is 2.27. The van der Waals surface area contributed by atoms with Gasteiger partial charge in [0.05, 0.1) is 0 Å². The number of nitrogens with two attached hydrogens (primary N) is 1. The topological polar surface area (TPSA) is 63.3 Å². The first-order valence-electron chi connectivity index (χ1n) is 5.36. The zero-order chi connectivity index (χ0) is 11.7. The van der Waals surface area contributed by atoms with Gasteiger partial charge >= 0.3 is 5.97 Å². The van der Waals surface area contributed by atoms with Crippen LogP contribution in [0.2, 0.25) is 5.02 Å². The van der Waals surface area contributed by atoms with Crippen LogP contribution < -0.4 is 5.73 Å². The van der Waals surface area contributed by atoms with E-state index in [2.05, 4.69) is 0 Å². The normalized spacial score (nSPS) is 21.2. The number of aryl methyl sites for hydroxylation is 1. The predicted molar refractivity (Wildman–Crippen MR) is 62.7 cm³/mol. The van der Waals surface area contributed by atoms with Crippen LogP contribution in [-0.4, -0.2) is 17.1 Å². The van der Waals surface area contributed by atoms with E-state index in [0.29, 0.717) is 5.02 Å². The number of fused-ring (bicyclic) bond motifs is 1. The summed E-state index contributed by atoms with van der Waals surface area (Å²) in [5.41, 5.74) is 7.90. The molecule has 0 aromatic heterocycles. The Kier molecular flexibility index (Phi) is 3.17. The molecule has 1 aromatic rings. The molecule has 2 rings (SSSR count). The van der Waals surface area contributed by atoms with E-state index in [0.717, 1.165) is 24.8 Å². The second kappa shape index (κ2) is 4.44. The van der Waals surface area contributed by atoms with E-state index in [-0.39, 0.29) is 5.92 Å². The first-order chi connectivity index (χ1) is 7.59. The number of carboxylic acid groups (broad SMARTS) is 1. The summed E-state index contributed by atoms with van der Waals surface area (Å²) in [6.45, 7) is 0. The Morgan fingerprint density at radius 1 is 1.56 bits per heavy atom. The molecule has 0 amide bonds. The minimum Gasteiger partial charge on any atom is -0.480 e. The summed E-state index contributed by atoms with van der Waals surface area (Å²) in [6, 6.07) is 4.83. The van der Waals surface area contributed by atoms with Crippen molar-refractivity contribution in [1.29, 1.82) is 0 Å². The van der Waals surface area contributed by atoms with Crippen molar-refractivity contribution in [2.75, 3.05) is 0 Å². The van der Waals surface area contributed by atoms with Gasteiger partial charge in [-0.25, -0.2) is 0 Å². The van der Waals surface area contributed by atoms with Gasteiger partial charge in [-0.15, -0.1) is 0 Å². The Bertz CT molecular complexity index is 419. The van der Waals surface area contributed by atoms with Crippen LogP contribution in [0.15, 0.2) is 18.2 Å². The van der Waals surface area contributed by atoms with Crippen LogP contribution in [0.5, 0.6) is 0 Å². The minimum absolute atomic E-state index is 0.111. The minimum atomic E-state index is -0.946. The summed E-state index contributed by atoms with van der Waals surface area (Å²) in [5, 5.41) is 9.61. The second-order valence-corrected chi connectivity index (χ2v) is 4.64. The van der Waals surface area contributed by atoms with Gasteiger partial charge in [-0.2, -0.15) is 0 Å². The van der Waals surface area contributed by atoms with Gasteiger partial charge in [0, 0.05) is 10.9 Å².